The standard InChI is InChI=1S/C16H16N2OS/c1-10-3-2-4-12(7-10)15(19)14-16(11-5-6-11)20-13-8-17-9-18(13)14/h2-4,7-9,11,15,19H,5-6H2,1H3. The molecule has 1 saturated carbocycles. The van der Waals surface area contributed by atoms with Crippen LogP contribution < -0.4 is 0 Å². The minimum Gasteiger partial charge on any atom is -0.382 e. The monoisotopic (exact) mass is 284 g/mol. The molecule has 0 aliphatic heterocycles. The van der Waals surface area contributed by atoms with Gasteiger partial charge in [-0.3, -0.25) is 4.40 Å². The van der Waals surface area contributed by atoms with Gasteiger partial charge in [-0.05, 0) is 31.2 Å². The maximum absolute atomic E-state index is 10.8. The van der Waals surface area contributed by atoms with Crippen molar-refractivity contribution >= 4 is 16.2 Å². The summed E-state index contributed by atoms with van der Waals surface area (Å²) >= 11 is 1.77. The number of thiazole rings is 1. The van der Waals surface area contributed by atoms with E-state index in [0.717, 1.165) is 16.1 Å². The molecule has 2 aromatic heterocycles. The van der Waals surface area contributed by atoms with Gasteiger partial charge in [-0.2, -0.15) is 0 Å². The summed E-state index contributed by atoms with van der Waals surface area (Å²) in [5.41, 5.74) is 3.14. The van der Waals surface area contributed by atoms with Crippen molar-refractivity contribution in [3.05, 3.63) is 58.5 Å². The highest BCUT2D eigenvalue weighted by atomic mass is 32.1. The van der Waals surface area contributed by atoms with E-state index in [9.17, 15) is 5.11 Å². The van der Waals surface area contributed by atoms with Gasteiger partial charge in [0.25, 0.3) is 0 Å². The van der Waals surface area contributed by atoms with Crippen LogP contribution >= 0.6 is 11.3 Å². The third-order valence-corrected chi connectivity index (χ3v) is 5.17. The van der Waals surface area contributed by atoms with Crippen LogP contribution in [0, 0.1) is 6.92 Å². The molecule has 1 aliphatic rings. The summed E-state index contributed by atoms with van der Waals surface area (Å²) in [5.74, 6) is 0.634. The number of imidazole rings is 1. The van der Waals surface area contributed by atoms with Crippen LogP contribution in [0.15, 0.2) is 36.8 Å². The van der Waals surface area contributed by atoms with Gasteiger partial charge >= 0.3 is 0 Å². The number of nitrogens with zero attached hydrogens (tertiary/aromatic N) is 2. The van der Waals surface area contributed by atoms with E-state index in [1.54, 1.807) is 11.3 Å². The fraction of sp³-hybridized carbons (Fsp3) is 0.312. The van der Waals surface area contributed by atoms with Crippen LogP contribution in [0.2, 0.25) is 0 Å². The predicted molar refractivity (Wildman–Crippen MR) is 80.3 cm³/mol. The Morgan fingerprint density at radius 2 is 2.25 bits per heavy atom. The third-order valence-electron chi connectivity index (χ3n) is 3.90. The van der Waals surface area contributed by atoms with E-state index in [-0.39, 0.29) is 0 Å². The van der Waals surface area contributed by atoms with Crippen LogP contribution in [-0.4, -0.2) is 14.5 Å². The van der Waals surface area contributed by atoms with E-state index in [2.05, 4.69) is 24.0 Å². The minimum atomic E-state index is -0.576. The third kappa shape index (κ3) is 1.87. The molecule has 0 radical (unpaired) electrons. The number of hydrogen-bond acceptors (Lipinski definition) is 3. The van der Waals surface area contributed by atoms with Crippen molar-refractivity contribution in [3.63, 3.8) is 0 Å². The predicted octanol–water partition coefficient (Wildman–Crippen LogP) is 3.66. The second-order valence-electron chi connectivity index (χ2n) is 5.54. The van der Waals surface area contributed by atoms with Gasteiger partial charge in [0, 0.05) is 4.88 Å². The quantitative estimate of drug-likeness (QED) is 0.797. The SMILES string of the molecule is Cc1cccc(C(O)c2c(C3CC3)sc3cncn23)c1. The number of rotatable bonds is 3. The lowest BCUT2D eigenvalue weighted by molar-refractivity contribution is 0.213. The smallest absolute Gasteiger partial charge is 0.121 e. The molecule has 2 heterocycles. The van der Waals surface area contributed by atoms with Gasteiger partial charge in [-0.15, -0.1) is 11.3 Å². The molecule has 20 heavy (non-hydrogen) atoms. The molecule has 1 aromatic carbocycles. The van der Waals surface area contributed by atoms with Gasteiger partial charge in [0.15, 0.2) is 0 Å². The number of benzene rings is 1. The molecule has 102 valence electrons. The van der Waals surface area contributed by atoms with Crippen molar-refractivity contribution in [1.29, 1.82) is 0 Å². The number of fused-ring (bicyclic) bond motifs is 1. The molecule has 1 fully saturated rings. The lowest BCUT2D eigenvalue weighted by Crippen LogP contribution is -2.05. The number of hydrogen-bond donors (Lipinski definition) is 1. The second-order valence-corrected chi connectivity index (χ2v) is 6.61. The van der Waals surface area contributed by atoms with Crippen LogP contribution in [-0.2, 0) is 0 Å². The highest BCUT2D eigenvalue weighted by Crippen LogP contribution is 2.47. The summed E-state index contributed by atoms with van der Waals surface area (Å²) < 4.78 is 2.05. The molecular formula is C16H16N2OS. The molecule has 0 spiro atoms. The Bertz CT molecular complexity index is 770. The minimum absolute atomic E-state index is 0.576. The first-order chi connectivity index (χ1) is 9.74. The van der Waals surface area contributed by atoms with Crippen LogP contribution in [0.3, 0.4) is 0 Å². The first kappa shape index (κ1) is 12.1. The molecule has 1 atom stereocenters. The van der Waals surface area contributed by atoms with E-state index in [4.69, 9.17) is 0 Å². The van der Waals surface area contributed by atoms with Crippen LogP contribution in [0.25, 0.3) is 4.83 Å². The topological polar surface area (TPSA) is 37.5 Å². The largest absolute Gasteiger partial charge is 0.382 e. The summed E-state index contributed by atoms with van der Waals surface area (Å²) in [7, 11) is 0. The van der Waals surface area contributed by atoms with E-state index < -0.39 is 6.10 Å². The van der Waals surface area contributed by atoms with Gasteiger partial charge in [0.05, 0.1) is 11.9 Å². The lowest BCUT2D eigenvalue weighted by Gasteiger charge is -2.13. The van der Waals surface area contributed by atoms with Crippen LogP contribution in [0.4, 0.5) is 0 Å². The lowest BCUT2D eigenvalue weighted by atomic mass is 10.0. The van der Waals surface area contributed by atoms with Gasteiger partial charge in [0.2, 0.25) is 0 Å². The maximum atomic E-state index is 10.8. The molecule has 0 bridgehead atoms. The molecule has 1 aliphatic carbocycles. The molecule has 1 N–H and O–H groups in total. The molecule has 0 amide bonds. The first-order valence-corrected chi connectivity index (χ1v) is 7.75. The average molecular weight is 284 g/mol. The number of aromatic nitrogens is 2. The highest BCUT2D eigenvalue weighted by Gasteiger charge is 2.32. The Morgan fingerprint density at radius 1 is 1.40 bits per heavy atom. The van der Waals surface area contributed by atoms with Crippen molar-refractivity contribution in [2.75, 3.05) is 0 Å². The first-order valence-electron chi connectivity index (χ1n) is 6.93. The zero-order chi connectivity index (χ0) is 13.7. The molecule has 3 aromatic rings. The van der Waals surface area contributed by atoms with Crippen molar-refractivity contribution in [2.24, 2.45) is 0 Å². The van der Waals surface area contributed by atoms with E-state index >= 15 is 0 Å². The Kier molecular flexibility index (Phi) is 2.69. The molecule has 4 rings (SSSR count). The zero-order valence-corrected chi connectivity index (χ0v) is 12.1. The molecule has 3 nitrogen and oxygen atoms in total. The van der Waals surface area contributed by atoms with Gasteiger partial charge < -0.3 is 5.11 Å². The normalized spacial score (nSPS) is 16.7. The van der Waals surface area contributed by atoms with E-state index in [0.29, 0.717) is 5.92 Å². The number of aliphatic hydroxyl groups excluding tert-OH is 1. The Hall–Kier alpha value is -1.65. The molecule has 1 unspecified atom stereocenters. The molecule has 0 saturated heterocycles. The number of aryl methyl sites for hydroxylation is 1. The second kappa shape index (κ2) is 4.43. The Balaban J connectivity index is 1.87. The summed E-state index contributed by atoms with van der Waals surface area (Å²) in [5, 5.41) is 10.8. The van der Waals surface area contributed by atoms with Crippen molar-refractivity contribution < 1.29 is 5.11 Å². The number of aliphatic hydroxyl groups is 1. The molecule has 4 heteroatoms. The van der Waals surface area contributed by atoms with Gasteiger partial charge in [-0.25, -0.2) is 4.98 Å². The van der Waals surface area contributed by atoms with Gasteiger partial charge in [0.1, 0.15) is 17.3 Å². The zero-order valence-electron chi connectivity index (χ0n) is 11.3. The highest BCUT2D eigenvalue weighted by molar-refractivity contribution is 7.17. The fourth-order valence-electron chi connectivity index (χ4n) is 2.73. The maximum Gasteiger partial charge on any atom is 0.121 e. The summed E-state index contributed by atoms with van der Waals surface area (Å²) in [4.78, 5) is 6.65. The van der Waals surface area contributed by atoms with Gasteiger partial charge in [-0.1, -0.05) is 29.8 Å². The average Bonchev–Trinajstić information content (AvgIpc) is 3.07. The fourth-order valence-corrected chi connectivity index (χ4v) is 4.03. The van der Waals surface area contributed by atoms with Crippen LogP contribution in [0.1, 0.15) is 46.6 Å². The van der Waals surface area contributed by atoms with E-state index in [1.165, 1.54) is 23.3 Å². The van der Waals surface area contributed by atoms with E-state index in [1.807, 2.05) is 29.1 Å². The van der Waals surface area contributed by atoms with Crippen LogP contribution in [0.5, 0.6) is 0 Å². The molecular weight excluding hydrogens is 268 g/mol. The van der Waals surface area contributed by atoms with Crippen molar-refractivity contribution in [1.82, 2.24) is 9.38 Å². The Labute approximate surface area is 121 Å². The summed E-state index contributed by atoms with van der Waals surface area (Å²) in [6.07, 6.45) is 5.60. The Morgan fingerprint density at radius 3 is 3.00 bits per heavy atom. The summed E-state index contributed by atoms with van der Waals surface area (Å²) in [6, 6.07) is 8.11. The summed E-state index contributed by atoms with van der Waals surface area (Å²) in [6.45, 7) is 2.05. The van der Waals surface area contributed by atoms with Crippen molar-refractivity contribution in [3.8, 4) is 0 Å². The van der Waals surface area contributed by atoms with Crippen molar-refractivity contribution in [2.45, 2.75) is 31.8 Å².